The Bertz CT molecular complexity index is 970. The van der Waals surface area contributed by atoms with Crippen LogP contribution in [0.4, 0.5) is 5.69 Å². The molecule has 0 bridgehead atoms. The van der Waals surface area contributed by atoms with Gasteiger partial charge in [-0.25, -0.2) is 0 Å². The summed E-state index contributed by atoms with van der Waals surface area (Å²) in [6, 6.07) is 9.83. The smallest absolute Gasteiger partial charge is 0.294 e. The molecule has 3 rings (SSSR count). The molecular formula is C21H19Cl2NO4. The number of benzene rings is 2. The number of phenols is 1. The number of phenolic OH excluding ortho intramolecular Hbond substituents is 1. The van der Waals surface area contributed by atoms with E-state index in [4.69, 9.17) is 23.2 Å². The van der Waals surface area contributed by atoms with Gasteiger partial charge in [0.1, 0.15) is 5.75 Å². The topological polar surface area (TPSA) is 77.8 Å². The number of aliphatic hydroxyl groups excluding tert-OH is 1. The van der Waals surface area contributed by atoms with E-state index in [1.807, 2.05) is 0 Å². The van der Waals surface area contributed by atoms with E-state index in [0.29, 0.717) is 21.3 Å². The number of carbonyl (C=O) groups excluding carboxylic acids is 2. The van der Waals surface area contributed by atoms with E-state index < -0.39 is 23.1 Å². The van der Waals surface area contributed by atoms with Crippen molar-refractivity contribution in [1.82, 2.24) is 0 Å². The number of ketones is 1. The van der Waals surface area contributed by atoms with Crippen LogP contribution in [-0.2, 0) is 9.59 Å². The van der Waals surface area contributed by atoms with Crippen molar-refractivity contribution in [3.8, 4) is 5.75 Å². The Kier molecular flexibility index (Phi) is 5.17. The number of hydrogen-bond donors (Lipinski definition) is 2. The second kappa shape index (κ2) is 7.15. The maximum absolute atomic E-state index is 13.1. The average molecular weight is 420 g/mol. The first kappa shape index (κ1) is 20.2. The first-order valence-corrected chi connectivity index (χ1v) is 9.33. The Hall–Kier alpha value is -2.50. The first-order chi connectivity index (χ1) is 13.0. The molecule has 2 aromatic rings. The number of nitrogens with zero attached hydrogens (tertiary/aromatic N) is 1. The van der Waals surface area contributed by atoms with Crippen LogP contribution in [0.5, 0.6) is 5.75 Å². The van der Waals surface area contributed by atoms with E-state index in [1.165, 1.54) is 35.2 Å². The largest absolute Gasteiger partial charge is 0.508 e. The number of aliphatic hydroxyl groups is 1. The maximum atomic E-state index is 13.1. The monoisotopic (exact) mass is 419 g/mol. The fourth-order valence-electron chi connectivity index (χ4n) is 3.16. The molecule has 1 unspecified atom stereocenters. The Morgan fingerprint density at radius 1 is 1.00 bits per heavy atom. The second-order valence-electron chi connectivity index (χ2n) is 7.64. The number of aromatic hydroxyl groups is 1. The SMILES string of the molecule is CC(C)(C)C(=O)C1=C(O)C(=O)N(c2cc(Cl)cc(Cl)c2)C1c1ccc(O)cc1. The summed E-state index contributed by atoms with van der Waals surface area (Å²) >= 11 is 12.2. The van der Waals surface area contributed by atoms with Crippen LogP contribution in [0.25, 0.3) is 0 Å². The Morgan fingerprint density at radius 3 is 2.04 bits per heavy atom. The van der Waals surface area contributed by atoms with E-state index >= 15 is 0 Å². The molecule has 0 spiro atoms. The lowest BCUT2D eigenvalue weighted by molar-refractivity contribution is -0.123. The first-order valence-electron chi connectivity index (χ1n) is 8.57. The van der Waals surface area contributed by atoms with Crippen molar-refractivity contribution in [3.63, 3.8) is 0 Å². The maximum Gasteiger partial charge on any atom is 0.294 e. The normalized spacial score (nSPS) is 17.4. The minimum Gasteiger partial charge on any atom is -0.508 e. The van der Waals surface area contributed by atoms with Crippen LogP contribution >= 0.6 is 23.2 Å². The quantitative estimate of drug-likeness (QED) is 0.714. The third-order valence-corrected chi connectivity index (χ3v) is 4.90. The molecule has 0 aromatic heterocycles. The molecular weight excluding hydrogens is 401 g/mol. The summed E-state index contributed by atoms with van der Waals surface area (Å²) in [6.45, 7) is 5.15. The minimum absolute atomic E-state index is 0.000659. The molecule has 0 fully saturated rings. The molecule has 0 saturated carbocycles. The van der Waals surface area contributed by atoms with Gasteiger partial charge in [0.25, 0.3) is 5.91 Å². The number of rotatable bonds is 3. The highest BCUT2D eigenvalue weighted by Gasteiger charge is 2.46. The molecule has 7 heteroatoms. The summed E-state index contributed by atoms with van der Waals surface area (Å²) in [4.78, 5) is 27.3. The zero-order valence-corrected chi connectivity index (χ0v) is 17.0. The number of anilines is 1. The number of amides is 1. The van der Waals surface area contributed by atoms with Crippen LogP contribution in [0.1, 0.15) is 32.4 Å². The van der Waals surface area contributed by atoms with Crippen molar-refractivity contribution in [2.45, 2.75) is 26.8 Å². The third kappa shape index (κ3) is 3.60. The van der Waals surface area contributed by atoms with Gasteiger partial charge in [-0.05, 0) is 35.9 Å². The third-order valence-electron chi connectivity index (χ3n) is 4.47. The lowest BCUT2D eigenvalue weighted by atomic mass is 9.82. The molecule has 0 aliphatic carbocycles. The Morgan fingerprint density at radius 2 is 1.54 bits per heavy atom. The summed E-state index contributed by atoms with van der Waals surface area (Å²) < 4.78 is 0. The van der Waals surface area contributed by atoms with Crippen molar-refractivity contribution >= 4 is 40.6 Å². The highest BCUT2D eigenvalue weighted by atomic mass is 35.5. The van der Waals surface area contributed by atoms with E-state index in [2.05, 4.69) is 0 Å². The van der Waals surface area contributed by atoms with Crippen molar-refractivity contribution in [3.05, 3.63) is 69.4 Å². The molecule has 1 amide bonds. The zero-order chi connectivity index (χ0) is 20.8. The standard InChI is InChI=1S/C21H19Cl2NO4/c1-21(2,3)19(27)16-17(11-4-6-15(25)7-5-11)24(20(28)18(16)26)14-9-12(22)8-13(23)10-14/h4-10,17,25-26H,1-3H3. The zero-order valence-electron chi connectivity index (χ0n) is 15.5. The predicted molar refractivity (Wildman–Crippen MR) is 109 cm³/mol. The van der Waals surface area contributed by atoms with Crippen molar-refractivity contribution < 1.29 is 19.8 Å². The Labute approximate surface area is 172 Å². The molecule has 1 aliphatic heterocycles. The number of carbonyl (C=O) groups is 2. The summed E-state index contributed by atoms with van der Waals surface area (Å²) in [7, 11) is 0. The number of hydrogen-bond acceptors (Lipinski definition) is 4. The lowest BCUT2D eigenvalue weighted by Crippen LogP contribution is -2.32. The summed E-state index contributed by atoms with van der Waals surface area (Å²) in [5, 5.41) is 20.8. The van der Waals surface area contributed by atoms with Gasteiger partial charge in [0.15, 0.2) is 11.5 Å². The molecule has 2 aromatic carbocycles. The summed E-state index contributed by atoms with van der Waals surface area (Å²) in [5.74, 6) is -1.63. The van der Waals surface area contributed by atoms with Gasteiger partial charge < -0.3 is 10.2 Å². The molecule has 146 valence electrons. The van der Waals surface area contributed by atoms with E-state index in [0.717, 1.165) is 0 Å². The van der Waals surface area contributed by atoms with Crippen LogP contribution in [-0.4, -0.2) is 21.9 Å². The van der Waals surface area contributed by atoms with E-state index in [9.17, 15) is 19.8 Å². The van der Waals surface area contributed by atoms with Crippen LogP contribution in [0.3, 0.4) is 0 Å². The van der Waals surface area contributed by atoms with Crippen LogP contribution in [0.2, 0.25) is 10.0 Å². The van der Waals surface area contributed by atoms with Gasteiger partial charge in [0.05, 0.1) is 11.6 Å². The molecule has 28 heavy (non-hydrogen) atoms. The average Bonchev–Trinajstić information content (AvgIpc) is 2.84. The van der Waals surface area contributed by atoms with Gasteiger partial charge in [-0.1, -0.05) is 56.1 Å². The van der Waals surface area contributed by atoms with Crippen molar-refractivity contribution in [1.29, 1.82) is 0 Å². The van der Waals surface area contributed by atoms with Crippen molar-refractivity contribution in [2.24, 2.45) is 5.41 Å². The fraction of sp³-hybridized carbons (Fsp3) is 0.238. The van der Waals surface area contributed by atoms with E-state index in [1.54, 1.807) is 32.9 Å². The van der Waals surface area contributed by atoms with Crippen LogP contribution in [0, 0.1) is 5.41 Å². The van der Waals surface area contributed by atoms with Crippen LogP contribution in [0.15, 0.2) is 53.8 Å². The van der Waals surface area contributed by atoms with Crippen molar-refractivity contribution in [2.75, 3.05) is 4.90 Å². The molecule has 0 saturated heterocycles. The summed E-state index contributed by atoms with van der Waals surface area (Å²) in [5.41, 5.74) is 0.0859. The van der Waals surface area contributed by atoms with Gasteiger partial charge in [-0.15, -0.1) is 0 Å². The molecule has 2 N–H and O–H groups in total. The highest BCUT2D eigenvalue weighted by molar-refractivity contribution is 6.35. The molecule has 0 radical (unpaired) electrons. The minimum atomic E-state index is -0.880. The molecule has 1 heterocycles. The summed E-state index contributed by atoms with van der Waals surface area (Å²) in [6.07, 6.45) is 0. The highest BCUT2D eigenvalue weighted by Crippen LogP contribution is 2.44. The second-order valence-corrected chi connectivity index (χ2v) is 8.51. The van der Waals surface area contributed by atoms with Gasteiger partial charge in [0, 0.05) is 21.1 Å². The molecule has 5 nitrogen and oxygen atoms in total. The number of Topliss-reactive ketones (excluding diaryl/α,β-unsaturated/α-hetero) is 1. The molecule has 1 atom stereocenters. The van der Waals surface area contributed by atoms with Gasteiger partial charge in [-0.3, -0.25) is 14.5 Å². The van der Waals surface area contributed by atoms with Gasteiger partial charge in [-0.2, -0.15) is 0 Å². The predicted octanol–water partition coefficient (Wildman–Crippen LogP) is 5.21. The lowest BCUT2D eigenvalue weighted by Gasteiger charge is -2.29. The molecule has 1 aliphatic rings. The van der Waals surface area contributed by atoms with Gasteiger partial charge in [0.2, 0.25) is 0 Å². The van der Waals surface area contributed by atoms with Crippen LogP contribution < -0.4 is 4.90 Å². The van der Waals surface area contributed by atoms with E-state index in [-0.39, 0.29) is 17.1 Å². The number of halogens is 2. The Balaban J connectivity index is 2.23. The fourth-order valence-corrected chi connectivity index (χ4v) is 3.67. The van der Waals surface area contributed by atoms with Gasteiger partial charge >= 0.3 is 0 Å².